The van der Waals surface area contributed by atoms with Gasteiger partial charge in [-0.05, 0) is 47.1 Å². The van der Waals surface area contributed by atoms with Gasteiger partial charge in [0.1, 0.15) is 0 Å². The first-order valence-electron chi connectivity index (χ1n) is 6.25. The third-order valence-corrected chi connectivity index (χ3v) is 5.40. The van der Waals surface area contributed by atoms with Crippen molar-refractivity contribution in [2.75, 3.05) is 34.2 Å². The summed E-state index contributed by atoms with van der Waals surface area (Å²) in [4.78, 5) is 4.32. The molecule has 0 spiro atoms. The highest BCUT2D eigenvalue weighted by Gasteiger charge is 2.19. The number of nitrogens with one attached hydrogen (secondary N) is 2. The van der Waals surface area contributed by atoms with Crippen LogP contribution < -0.4 is 10.0 Å². The fraction of sp³-hybridized carbons (Fsp3) is 0.667. The lowest BCUT2D eigenvalue weighted by atomic mass is 10.4. The van der Waals surface area contributed by atoms with E-state index in [4.69, 9.17) is 0 Å². The average molecular weight is 305 g/mol. The Morgan fingerprint density at radius 1 is 1.37 bits per heavy atom. The largest absolute Gasteiger partial charge is 0.315 e. The lowest BCUT2D eigenvalue weighted by molar-refractivity contribution is 0.400. The molecule has 0 fully saturated rings. The molecule has 1 aromatic rings. The van der Waals surface area contributed by atoms with Crippen LogP contribution in [0.15, 0.2) is 11.0 Å². The molecule has 0 aliphatic heterocycles. The van der Waals surface area contributed by atoms with Gasteiger partial charge in [0.25, 0.3) is 0 Å². The molecule has 0 unspecified atom stereocenters. The number of hydrogen-bond acceptors (Lipinski definition) is 5. The summed E-state index contributed by atoms with van der Waals surface area (Å²) in [6, 6.07) is 1.75. The van der Waals surface area contributed by atoms with Crippen molar-refractivity contribution in [2.24, 2.45) is 0 Å². The first kappa shape index (κ1) is 16.6. The molecule has 0 saturated heterocycles. The van der Waals surface area contributed by atoms with Crippen LogP contribution in [0.4, 0.5) is 0 Å². The Morgan fingerprint density at radius 2 is 2.05 bits per heavy atom. The van der Waals surface area contributed by atoms with E-state index in [0.717, 1.165) is 22.7 Å². The van der Waals surface area contributed by atoms with Crippen LogP contribution in [0.1, 0.15) is 16.2 Å². The van der Waals surface area contributed by atoms with Crippen LogP contribution in [0.5, 0.6) is 0 Å². The molecule has 0 amide bonds. The standard InChI is InChI=1S/C12H23N3O2S2/c1-10-12(8-11(18-10)9-13-2)19(16,17)14-6-5-7-15(3)4/h8,13-14H,5-7,9H2,1-4H3. The Balaban J connectivity index is 2.66. The minimum atomic E-state index is -3.37. The third-order valence-electron chi connectivity index (χ3n) is 2.64. The van der Waals surface area contributed by atoms with Gasteiger partial charge in [-0.3, -0.25) is 0 Å². The Morgan fingerprint density at radius 3 is 2.63 bits per heavy atom. The van der Waals surface area contributed by atoms with Crippen LogP contribution in [0.25, 0.3) is 0 Å². The highest BCUT2D eigenvalue weighted by molar-refractivity contribution is 7.89. The summed E-state index contributed by atoms with van der Waals surface area (Å²) in [5, 5.41) is 3.03. The van der Waals surface area contributed by atoms with Crippen LogP contribution >= 0.6 is 11.3 Å². The number of rotatable bonds is 8. The predicted octanol–water partition coefficient (Wildman–Crippen LogP) is 1.01. The molecule has 7 heteroatoms. The summed E-state index contributed by atoms with van der Waals surface area (Å²) in [6.07, 6.45) is 0.804. The van der Waals surface area contributed by atoms with Gasteiger partial charge in [0.15, 0.2) is 0 Å². The Hall–Kier alpha value is -0.470. The minimum absolute atomic E-state index is 0.410. The van der Waals surface area contributed by atoms with E-state index in [-0.39, 0.29) is 0 Å². The maximum Gasteiger partial charge on any atom is 0.241 e. The van der Waals surface area contributed by atoms with E-state index in [1.54, 1.807) is 6.07 Å². The van der Waals surface area contributed by atoms with E-state index in [1.165, 1.54) is 11.3 Å². The molecular weight excluding hydrogens is 282 g/mol. The highest BCUT2D eigenvalue weighted by atomic mass is 32.2. The fourth-order valence-electron chi connectivity index (χ4n) is 1.73. The third kappa shape index (κ3) is 5.19. The molecule has 1 aromatic heterocycles. The molecule has 0 atom stereocenters. The molecule has 0 radical (unpaired) electrons. The minimum Gasteiger partial charge on any atom is -0.315 e. The molecule has 110 valence electrons. The molecule has 1 rings (SSSR count). The number of thiophene rings is 1. The van der Waals surface area contributed by atoms with Gasteiger partial charge in [0.2, 0.25) is 10.0 Å². The zero-order chi connectivity index (χ0) is 14.5. The average Bonchev–Trinajstić information content (AvgIpc) is 2.67. The van der Waals surface area contributed by atoms with E-state index >= 15 is 0 Å². The smallest absolute Gasteiger partial charge is 0.241 e. The summed E-state index contributed by atoms with van der Waals surface area (Å²) < 4.78 is 27.0. The van der Waals surface area contributed by atoms with Crippen LogP contribution in [-0.2, 0) is 16.6 Å². The fourth-order valence-corrected chi connectivity index (χ4v) is 4.45. The monoisotopic (exact) mass is 305 g/mol. The Labute approximate surface area is 120 Å². The molecule has 0 aromatic carbocycles. The van der Waals surface area contributed by atoms with Crippen molar-refractivity contribution in [1.82, 2.24) is 14.9 Å². The molecule has 0 saturated carbocycles. The molecule has 0 bridgehead atoms. The SMILES string of the molecule is CNCc1cc(S(=O)(=O)NCCCN(C)C)c(C)s1. The normalized spacial score (nSPS) is 12.3. The Kier molecular flexibility index (Phi) is 6.41. The maximum atomic E-state index is 12.2. The van der Waals surface area contributed by atoms with Crippen molar-refractivity contribution in [3.8, 4) is 0 Å². The van der Waals surface area contributed by atoms with Gasteiger partial charge in [-0.1, -0.05) is 0 Å². The number of sulfonamides is 1. The molecule has 5 nitrogen and oxygen atoms in total. The number of aryl methyl sites for hydroxylation is 1. The first-order chi connectivity index (χ1) is 8.86. The lowest BCUT2D eigenvalue weighted by Gasteiger charge is -2.10. The number of hydrogen-bond donors (Lipinski definition) is 2. The van der Waals surface area contributed by atoms with Crippen molar-refractivity contribution < 1.29 is 8.42 Å². The van der Waals surface area contributed by atoms with Crippen molar-refractivity contribution in [2.45, 2.75) is 24.8 Å². The topological polar surface area (TPSA) is 61.4 Å². The quantitative estimate of drug-likeness (QED) is 0.704. The van der Waals surface area contributed by atoms with Gasteiger partial charge < -0.3 is 10.2 Å². The predicted molar refractivity (Wildman–Crippen MR) is 80.2 cm³/mol. The zero-order valence-electron chi connectivity index (χ0n) is 12.0. The van der Waals surface area contributed by atoms with Gasteiger partial charge in [-0.15, -0.1) is 11.3 Å². The van der Waals surface area contributed by atoms with Crippen LogP contribution in [0.2, 0.25) is 0 Å². The maximum absolute atomic E-state index is 12.2. The van der Waals surface area contributed by atoms with Gasteiger partial charge in [-0.2, -0.15) is 0 Å². The second-order valence-corrected chi connectivity index (χ2v) is 7.79. The molecule has 2 N–H and O–H groups in total. The van der Waals surface area contributed by atoms with E-state index < -0.39 is 10.0 Å². The second-order valence-electron chi connectivity index (χ2n) is 4.72. The van der Waals surface area contributed by atoms with E-state index in [1.807, 2.05) is 33.0 Å². The summed E-state index contributed by atoms with van der Waals surface area (Å²) in [5.41, 5.74) is 0. The zero-order valence-corrected chi connectivity index (χ0v) is 13.6. The van der Waals surface area contributed by atoms with E-state index in [2.05, 4.69) is 10.0 Å². The summed E-state index contributed by atoms with van der Waals surface area (Å²) in [6.45, 7) is 3.88. The van der Waals surface area contributed by atoms with Gasteiger partial charge in [0.05, 0.1) is 4.90 Å². The molecule has 1 heterocycles. The highest BCUT2D eigenvalue weighted by Crippen LogP contribution is 2.25. The van der Waals surface area contributed by atoms with Crippen molar-refractivity contribution in [1.29, 1.82) is 0 Å². The van der Waals surface area contributed by atoms with Crippen molar-refractivity contribution in [3.05, 3.63) is 15.8 Å². The molecule has 0 aliphatic carbocycles. The molecule has 19 heavy (non-hydrogen) atoms. The first-order valence-corrected chi connectivity index (χ1v) is 8.55. The summed E-state index contributed by atoms with van der Waals surface area (Å²) >= 11 is 1.52. The van der Waals surface area contributed by atoms with E-state index in [0.29, 0.717) is 18.0 Å². The van der Waals surface area contributed by atoms with Crippen LogP contribution in [0, 0.1) is 6.92 Å². The number of nitrogens with zero attached hydrogens (tertiary/aromatic N) is 1. The van der Waals surface area contributed by atoms with Gasteiger partial charge in [0, 0.05) is 22.8 Å². The molecular formula is C12H23N3O2S2. The van der Waals surface area contributed by atoms with Crippen molar-refractivity contribution in [3.63, 3.8) is 0 Å². The van der Waals surface area contributed by atoms with Crippen LogP contribution in [0.3, 0.4) is 0 Å². The molecule has 0 aliphatic rings. The van der Waals surface area contributed by atoms with Crippen LogP contribution in [-0.4, -0.2) is 47.6 Å². The van der Waals surface area contributed by atoms with Gasteiger partial charge >= 0.3 is 0 Å². The van der Waals surface area contributed by atoms with Gasteiger partial charge in [-0.25, -0.2) is 13.1 Å². The van der Waals surface area contributed by atoms with E-state index in [9.17, 15) is 8.42 Å². The van der Waals surface area contributed by atoms with Crippen molar-refractivity contribution >= 4 is 21.4 Å². The summed E-state index contributed by atoms with van der Waals surface area (Å²) in [5.74, 6) is 0. The second kappa shape index (κ2) is 7.35. The summed E-state index contributed by atoms with van der Waals surface area (Å²) in [7, 11) is 2.43. The lowest BCUT2D eigenvalue weighted by Crippen LogP contribution is -2.27. The Bertz CT molecular complexity index is 495.